The van der Waals surface area contributed by atoms with Gasteiger partial charge in [-0.2, -0.15) is 5.10 Å². The lowest BCUT2D eigenvalue weighted by molar-refractivity contribution is -0.00328. The molecule has 0 radical (unpaired) electrons. The molecule has 2 aromatic heterocycles. The fraction of sp³-hybridized carbons (Fsp3) is 0.625. The van der Waals surface area contributed by atoms with Gasteiger partial charge >= 0.3 is 0 Å². The molecule has 7 nitrogen and oxygen atoms in total. The number of hydrogen-bond donors (Lipinski definition) is 3. The average Bonchev–Trinajstić information content (AvgIpc) is 2.96. The summed E-state index contributed by atoms with van der Waals surface area (Å²) in [5.74, 6) is 0.367. The average molecular weight is 322 g/mol. The summed E-state index contributed by atoms with van der Waals surface area (Å²) in [6.45, 7) is 4.75. The molecule has 7 heteroatoms. The van der Waals surface area contributed by atoms with Crippen LogP contribution in [-0.4, -0.2) is 44.1 Å². The van der Waals surface area contributed by atoms with Crippen LogP contribution in [0.25, 0.3) is 5.52 Å². The number of nitrogen functional groups attached to an aromatic ring is 1. The van der Waals surface area contributed by atoms with E-state index >= 15 is 0 Å². The first-order valence-electron chi connectivity index (χ1n) is 8.02. The van der Waals surface area contributed by atoms with Gasteiger partial charge in [-0.15, -0.1) is 0 Å². The Morgan fingerprint density at radius 3 is 2.96 bits per heavy atom. The topological polar surface area (TPSA) is 106 Å². The van der Waals surface area contributed by atoms with Gasteiger partial charge in [0.05, 0.1) is 18.4 Å². The molecule has 1 unspecified atom stereocenters. The highest BCUT2D eigenvalue weighted by Gasteiger charge is 2.28. The predicted molar refractivity (Wildman–Crippen MR) is 87.9 cm³/mol. The Bertz CT molecular complexity index is 627. The third-order valence-electron chi connectivity index (χ3n) is 3.95. The smallest absolute Gasteiger partial charge is 0.151 e. The van der Waals surface area contributed by atoms with E-state index in [0.717, 1.165) is 12.8 Å². The number of fused-ring (bicyclic) bond motifs is 1. The zero-order valence-corrected chi connectivity index (χ0v) is 13.8. The Morgan fingerprint density at radius 2 is 2.22 bits per heavy atom. The van der Waals surface area contributed by atoms with Crippen molar-refractivity contribution in [1.82, 2.24) is 14.6 Å². The van der Waals surface area contributed by atoms with Crippen LogP contribution in [0.15, 0.2) is 18.5 Å². The Labute approximate surface area is 136 Å². The summed E-state index contributed by atoms with van der Waals surface area (Å²) < 4.78 is 6.99. The molecular weight excluding hydrogens is 296 g/mol. The lowest BCUT2D eigenvalue weighted by Gasteiger charge is -2.24. The normalized spacial score (nSPS) is 15.7. The molecule has 23 heavy (non-hydrogen) atoms. The van der Waals surface area contributed by atoms with Gasteiger partial charge in [0, 0.05) is 6.61 Å². The zero-order chi connectivity index (χ0) is 16.9. The summed E-state index contributed by atoms with van der Waals surface area (Å²) in [6.07, 6.45) is 3.65. The molecule has 0 fully saturated rings. The van der Waals surface area contributed by atoms with Crippen molar-refractivity contribution in [3.05, 3.63) is 24.2 Å². The first kappa shape index (κ1) is 17.7. The van der Waals surface area contributed by atoms with Gasteiger partial charge in [-0.1, -0.05) is 13.3 Å². The van der Waals surface area contributed by atoms with Crippen LogP contribution in [0.1, 0.15) is 45.2 Å². The highest BCUT2D eigenvalue weighted by molar-refractivity contribution is 5.65. The second-order valence-corrected chi connectivity index (χ2v) is 6.06. The van der Waals surface area contributed by atoms with Crippen molar-refractivity contribution in [1.29, 1.82) is 0 Å². The largest absolute Gasteiger partial charge is 0.391 e. The molecule has 2 atom stereocenters. The highest BCUT2D eigenvalue weighted by Crippen LogP contribution is 2.28. The Balaban J connectivity index is 1.96. The molecule has 0 amide bonds. The maximum Gasteiger partial charge on any atom is 0.151 e. The SMILES string of the molecule is CCCCOC[C@@H](O)CCC(C)(O)c1ccc2c(N)ncnn12. The monoisotopic (exact) mass is 322 g/mol. The van der Waals surface area contributed by atoms with Crippen LogP contribution in [0.4, 0.5) is 5.82 Å². The van der Waals surface area contributed by atoms with Gasteiger partial charge in [0.15, 0.2) is 5.82 Å². The van der Waals surface area contributed by atoms with Crippen LogP contribution < -0.4 is 5.73 Å². The molecule has 0 aromatic carbocycles. The molecule has 0 aliphatic heterocycles. The Morgan fingerprint density at radius 1 is 1.43 bits per heavy atom. The number of ether oxygens (including phenoxy) is 1. The van der Waals surface area contributed by atoms with E-state index in [2.05, 4.69) is 17.0 Å². The number of anilines is 1. The second kappa shape index (κ2) is 7.72. The van der Waals surface area contributed by atoms with Crippen molar-refractivity contribution in [2.24, 2.45) is 0 Å². The number of nitrogens with zero attached hydrogens (tertiary/aromatic N) is 3. The minimum Gasteiger partial charge on any atom is -0.391 e. The fourth-order valence-corrected chi connectivity index (χ4v) is 2.49. The van der Waals surface area contributed by atoms with Crippen LogP contribution in [0.2, 0.25) is 0 Å². The lowest BCUT2D eigenvalue weighted by Crippen LogP contribution is -2.27. The molecule has 128 valence electrons. The number of rotatable bonds is 9. The molecule has 0 saturated carbocycles. The minimum atomic E-state index is -1.13. The Kier molecular flexibility index (Phi) is 5.92. The summed E-state index contributed by atoms with van der Waals surface area (Å²) in [5, 5.41) is 24.9. The van der Waals surface area contributed by atoms with E-state index in [9.17, 15) is 10.2 Å². The summed E-state index contributed by atoms with van der Waals surface area (Å²) in [5.41, 5.74) is 5.96. The van der Waals surface area contributed by atoms with Crippen molar-refractivity contribution in [2.75, 3.05) is 18.9 Å². The third-order valence-corrected chi connectivity index (χ3v) is 3.95. The molecule has 2 rings (SSSR count). The van der Waals surface area contributed by atoms with Crippen LogP contribution in [-0.2, 0) is 10.3 Å². The van der Waals surface area contributed by atoms with E-state index in [1.165, 1.54) is 6.33 Å². The summed E-state index contributed by atoms with van der Waals surface area (Å²) in [4.78, 5) is 3.93. The van der Waals surface area contributed by atoms with Crippen molar-refractivity contribution < 1.29 is 14.9 Å². The maximum absolute atomic E-state index is 10.7. The molecule has 0 aliphatic rings. The van der Waals surface area contributed by atoms with Gasteiger partial charge in [0.2, 0.25) is 0 Å². The lowest BCUT2D eigenvalue weighted by atomic mass is 9.94. The van der Waals surface area contributed by atoms with Gasteiger partial charge in [0.1, 0.15) is 17.4 Å². The van der Waals surface area contributed by atoms with Gasteiger partial charge < -0.3 is 20.7 Å². The van der Waals surface area contributed by atoms with E-state index in [1.54, 1.807) is 23.6 Å². The first-order valence-corrected chi connectivity index (χ1v) is 8.02. The third kappa shape index (κ3) is 4.40. The Hall–Kier alpha value is -1.70. The van der Waals surface area contributed by atoms with Crippen molar-refractivity contribution in [2.45, 2.75) is 51.2 Å². The minimum absolute atomic E-state index is 0.292. The first-order chi connectivity index (χ1) is 11.0. The summed E-state index contributed by atoms with van der Waals surface area (Å²) >= 11 is 0. The van der Waals surface area contributed by atoms with Gasteiger partial charge in [-0.25, -0.2) is 9.50 Å². The fourth-order valence-electron chi connectivity index (χ4n) is 2.49. The number of aromatic nitrogens is 3. The number of unbranched alkanes of at least 4 members (excludes halogenated alkanes) is 1. The second-order valence-electron chi connectivity index (χ2n) is 6.06. The molecule has 0 saturated heterocycles. The van der Waals surface area contributed by atoms with Crippen LogP contribution in [0, 0.1) is 0 Å². The highest BCUT2D eigenvalue weighted by atomic mass is 16.5. The summed E-state index contributed by atoms with van der Waals surface area (Å²) in [7, 11) is 0. The standard InChI is InChI=1S/C16H26N4O3/c1-3-4-9-23-10-12(21)7-8-16(2,22)14-6-5-13-15(17)18-11-19-20(13)14/h5-6,11-12,21-22H,3-4,7-10H2,1-2H3,(H2,17,18,19)/t12-,16?/m0/s1. The van der Waals surface area contributed by atoms with Crippen LogP contribution >= 0.6 is 0 Å². The van der Waals surface area contributed by atoms with E-state index in [0.29, 0.717) is 43.1 Å². The van der Waals surface area contributed by atoms with E-state index in [4.69, 9.17) is 10.5 Å². The molecule has 4 N–H and O–H groups in total. The number of aliphatic hydroxyl groups excluding tert-OH is 1. The van der Waals surface area contributed by atoms with Gasteiger partial charge in [-0.05, 0) is 38.3 Å². The molecule has 2 aromatic rings. The van der Waals surface area contributed by atoms with E-state index in [-0.39, 0.29) is 0 Å². The van der Waals surface area contributed by atoms with Crippen molar-refractivity contribution in [3.63, 3.8) is 0 Å². The maximum atomic E-state index is 10.7. The number of nitrogens with two attached hydrogens (primary N) is 1. The van der Waals surface area contributed by atoms with E-state index in [1.807, 2.05) is 0 Å². The van der Waals surface area contributed by atoms with Crippen LogP contribution in [0.5, 0.6) is 0 Å². The molecule has 0 spiro atoms. The van der Waals surface area contributed by atoms with E-state index < -0.39 is 11.7 Å². The molecule has 0 bridgehead atoms. The quantitative estimate of drug-likeness (QED) is 0.604. The van der Waals surface area contributed by atoms with Crippen LogP contribution in [0.3, 0.4) is 0 Å². The van der Waals surface area contributed by atoms with Crippen molar-refractivity contribution in [3.8, 4) is 0 Å². The number of aliphatic hydroxyl groups is 2. The summed E-state index contributed by atoms with van der Waals surface area (Å²) in [6, 6.07) is 3.56. The van der Waals surface area contributed by atoms with Gasteiger partial charge in [-0.3, -0.25) is 0 Å². The molecule has 2 heterocycles. The van der Waals surface area contributed by atoms with Crippen molar-refractivity contribution >= 4 is 11.3 Å². The molecular formula is C16H26N4O3. The predicted octanol–water partition coefficient (Wildman–Crippen LogP) is 1.48. The zero-order valence-electron chi connectivity index (χ0n) is 13.8. The van der Waals surface area contributed by atoms with Gasteiger partial charge in [0.25, 0.3) is 0 Å². The molecule has 0 aliphatic carbocycles. The number of hydrogen-bond acceptors (Lipinski definition) is 6.